The van der Waals surface area contributed by atoms with Gasteiger partial charge in [-0.3, -0.25) is 0 Å². The lowest BCUT2D eigenvalue weighted by Crippen LogP contribution is -2.25. The highest BCUT2D eigenvalue weighted by Gasteiger charge is 2.15. The van der Waals surface area contributed by atoms with Crippen LogP contribution in [0.25, 0.3) is 0 Å². The van der Waals surface area contributed by atoms with E-state index in [1.54, 1.807) is 19.2 Å². The molecule has 0 saturated heterocycles. The maximum atomic E-state index is 8.60. The molecule has 1 aromatic rings. The minimum atomic E-state index is -0.188. The first kappa shape index (κ1) is 12.5. The van der Waals surface area contributed by atoms with E-state index in [0.29, 0.717) is 18.1 Å². The summed E-state index contributed by atoms with van der Waals surface area (Å²) in [5, 5.41) is 8.60. The molecule has 0 aromatic carbocycles. The Hall–Kier alpha value is -1.60. The maximum Gasteiger partial charge on any atom is 0.213 e. The first-order valence-electron chi connectivity index (χ1n) is 5.11. The number of aromatic nitrogens is 1. The van der Waals surface area contributed by atoms with Crippen molar-refractivity contribution in [3.63, 3.8) is 0 Å². The molecule has 0 fully saturated rings. The van der Waals surface area contributed by atoms with Crippen LogP contribution in [0.3, 0.4) is 0 Å². The fourth-order valence-electron chi connectivity index (χ4n) is 1.04. The molecule has 1 rings (SSSR count). The largest absolute Gasteiger partial charge is 0.478 e. The van der Waals surface area contributed by atoms with E-state index in [1.165, 1.54) is 6.20 Å². The number of rotatable bonds is 5. The molecule has 0 aliphatic rings. The van der Waals surface area contributed by atoms with Crippen molar-refractivity contribution in [2.45, 2.75) is 25.9 Å². The molecular formula is C12H16N2O2. The monoisotopic (exact) mass is 220 g/mol. The summed E-state index contributed by atoms with van der Waals surface area (Å²) >= 11 is 0. The van der Waals surface area contributed by atoms with E-state index in [1.807, 2.05) is 19.9 Å². The summed E-state index contributed by atoms with van der Waals surface area (Å²) in [6.45, 7) is 4.55. The number of hydrogen-bond acceptors (Lipinski definition) is 4. The van der Waals surface area contributed by atoms with Crippen molar-refractivity contribution in [1.82, 2.24) is 4.98 Å². The van der Waals surface area contributed by atoms with Gasteiger partial charge in [-0.2, -0.15) is 5.26 Å². The lowest BCUT2D eigenvalue weighted by atomic mass is 10.1. The zero-order chi connectivity index (χ0) is 12.0. The Bertz CT molecular complexity index is 366. The van der Waals surface area contributed by atoms with Gasteiger partial charge in [0.15, 0.2) is 0 Å². The van der Waals surface area contributed by atoms with E-state index < -0.39 is 0 Å². The van der Waals surface area contributed by atoms with Crippen LogP contribution in [0, 0.1) is 11.3 Å². The summed E-state index contributed by atoms with van der Waals surface area (Å²) in [5.74, 6) is 0.533. The van der Waals surface area contributed by atoms with Gasteiger partial charge in [0, 0.05) is 25.8 Å². The van der Waals surface area contributed by atoms with Crippen LogP contribution < -0.4 is 4.74 Å². The van der Waals surface area contributed by atoms with Gasteiger partial charge in [-0.05, 0) is 19.9 Å². The van der Waals surface area contributed by atoms with Crippen molar-refractivity contribution >= 4 is 0 Å². The molecule has 16 heavy (non-hydrogen) atoms. The molecular weight excluding hydrogens is 204 g/mol. The zero-order valence-electron chi connectivity index (χ0n) is 9.86. The van der Waals surface area contributed by atoms with Crippen LogP contribution in [0.2, 0.25) is 0 Å². The van der Waals surface area contributed by atoms with Gasteiger partial charge in [0.1, 0.15) is 6.07 Å². The number of hydrogen-bond donors (Lipinski definition) is 0. The Labute approximate surface area is 95.8 Å². The van der Waals surface area contributed by atoms with Gasteiger partial charge < -0.3 is 9.47 Å². The standard InChI is InChI=1S/C12H16N2O2/c1-12(2,15-3)6-7-16-11-5-4-10(8-13)9-14-11/h4-5,9H,6-7H2,1-3H3. The molecule has 0 aliphatic heterocycles. The Morgan fingerprint density at radius 2 is 2.19 bits per heavy atom. The molecule has 0 unspecified atom stereocenters. The molecule has 0 spiro atoms. The molecule has 0 amide bonds. The van der Waals surface area contributed by atoms with Crippen molar-refractivity contribution in [2.24, 2.45) is 0 Å². The molecule has 0 saturated carbocycles. The molecule has 0 bridgehead atoms. The zero-order valence-corrected chi connectivity index (χ0v) is 9.86. The fraction of sp³-hybridized carbons (Fsp3) is 0.500. The third kappa shape index (κ3) is 3.87. The predicted molar refractivity (Wildman–Crippen MR) is 60.2 cm³/mol. The number of nitrogens with zero attached hydrogens (tertiary/aromatic N) is 2. The Morgan fingerprint density at radius 1 is 1.44 bits per heavy atom. The summed E-state index contributed by atoms with van der Waals surface area (Å²) in [6.07, 6.45) is 2.28. The summed E-state index contributed by atoms with van der Waals surface area (Å²) < 4.78 is 10.7. The van der Waals surface area contributed by atoms with Crippen LogP contribution in [-0.4, -0.2) is 24.3 Å². The average molecular weight is 220 g/mol. The third-order valence-corrected chi connectivity index (χ3v) is 2.37. The predicted octanol–water partition coefficient (Wildman–Crippen LogP) is 2.15. The summed E-state index contributed by atoms with van der Waals surface area (Å²) in [7, 11) is 1.68. The molecule has 0 radical (unpaired) electrons. The SMILES string of the molecule is COC(C)(C)CCOc1ccc(C#N)cn1. The number of ether oxygens (including phenoxy) is 2. The van der Waals surface area contributed by atoms with Crippen molar-refractivity contribution in [3.05, 3.63) is 23.9 Å². The van der Waals surface area contributed by atoms with Gasteiger partial charge in [0.2, 0.25) is 5.88 Å². The van der Waals surface area contributed by atoms with Crippen LogP contribution in [0.15, 0.2) is 18.3 Å². The summed E-state index contributed by atoms with van der Waals surface area (Å²) in [6, 6.07) is 5.38. The molecule has 1 heterocycles. The first-order valence-corrected chi connectivity index (χ1v) is 5.11. The first-order chi connectivity index (χ1) is 7.57. The number of pyridine rings is 1. The quantitative estimate of drug-likeness (QED) is 0.763. The van der Waals surface area contributed by atoms with Crippen molar-refractivity contribution in [2.75, 3.05) is 13.7 Å². The number of methoxy groups -OCH3 is 1. The van der Waals surface area contributed by atoms with Gasteiger partial charge in [-0.1, -0.05) is 0 Å². The maximum absolute atomic E-state index is 8.60. The van der Waals surface area contributed by atoms with Crippen LogP contribution in [-0.2, 0) is 4.74 Å². The van der Waals surface area contributed by atoms with E-state index in [0.717, 1.165) is 6.42 Å². The van der Waals surface area contributed by atoms with Gasteiger partial charge in [-0.25, -0.2) is 4.98 Å². The van der Waals surface area contributed by atoms with Crippen LogP contribution in [0.5, 0.6) is 5.88 Å². The number of nitriles is 1. The van der Waals surface area contributed by atoms with Gasteiger partial charge in [0.05, 0.1) is 17.8 Å². The van der Waals surface area contributed by atoms with Crippen molar-refractivity contribution < 1.29 is 9.47 Å². The fourth-order valence-corrected chi connectivity index (χ4v) is 1.04. The second-order valence-electron chi connectivity index (χ2n) is 4.06. The van der Waals surface area contributed by atoms with E-state index in [-0.39, 0.29) is 5.60 Å². The normalized spacial score (nSPS) is 10.9. The average Bonchev–Trinajstić information content (AvgIpc) is 2.30. The van der Waals surface area contributed by atoms with Gasteiger partial charge in [0.25, 0.3) is 0 Å². The molecule has 1 aromatic heterocycles. The lowest BCUT2D eigenvalue weighted by Gasteiger charge is -2.22. The van der Waals surface area contributed by atoms with E-state index in [2.05, 4.69) is 4.98 Å². The molecule has 4 nitrogen and oxygen atoms in total. The smallest absolute Gasteiger partial charge is 0.213 e. The van der Waals surface area contributed by atoms with E-state index in [4.69, 9.17) is 14.7 Å². The second-order valence-corrected chi connectivity index (χ2v) is 4.06. The van der Waals surface area contributed by atoms with Crippen molar-refractivity contribution in [1.29, 1.82) is 5.26 Å². The Balaban J connectivity index is 2.41. The Kier molecular flexibility index (Phi) is 4.27. The second kappa shape index (κ2) is 5.47. The van der Waals surface area contributed by atoms with Crippen LogP contribution in [0.4, 0.5) is 0 Å². The highest BCUT2D eigenvalue weighted by atomic mass is 16.5. The minimum absolute atomic E-state index is 0.188. The van der Waals surface area contributed by atoms with Gasteiger partial charge >= 0.3 is 0 Å². The topological polar surface area (TPSA) is 55.1 Å². The molecule has 4 heteroatoms. The van der Waals surface area contributed by atoms with Gasteiger partial charge in [-0.15, -0.1) is 0 Å². The van der Waals surface area contributed by atoms with Crippen LogP contribution >= 0.6 is 0 Å². The Morgan fingerprint density at radius 3 is 2.69 bits per heavy atom. The lowest BCUT2D eigenvalue weighted by molar-refractivity contribution is 0.00509. The molecule has 0 N–H and O–H groups in total. The molecule has 0 aliphatic carbocycles. The highest BCUT2D eigenvalue weighted by Crippen LogP contribution is 2.14. The van der Waals surface area contributed by atoms with E-state index >= 15 is 0 Å². The molecule has 0 atom stereocenters. The highest BCUT2D eigenvalue weighted by molar-refractivity contribution is 5.28. The summed E-state index contributed by atoms with van der Waals surface area (Å²) in [5.41, 5.74) is 0.344. The van der Waals surface area contributed by atoms with Crippen LogP contribution in [0.1, 0.15) is 25.8 Å². The molecule has 86 valence electrons. The summed E-state index contributed by atoms with van der Waals surface area (Å²) in [4.78, 5) is 4.01. The van der Waals surface area contributed by atoms with Crippen molar-refractivity contribution in [3.8, 4) is 11.9 Å². The minimum Gasteiger partial charge on any atom is -0.478 e. The third-order valence-electron chi connectivity index (χ3n) is 2.37. The van der Waals surface area contributed by atoms with E-state index in [9.17, 15) is 0 Å².